The van der Waals surface area contributed by atoms with Crippen LogP contribution in [0.3, 0.4) is 0 Å². The van der Waals surface area contributed by atoms with Crippen molar-refractivity contribution in [2.45, 2.75) is 163 Å². The Balaban J connectivity index is 1.85. The summed E-state index contributed by atoms with van der Waals surface area (Å²) >= 11 is 0. The maximum Gasteiger partial charge on any atom is 0.308 e. The van der Waals surface area contributed by atoms with E-state index in [9.17, 15) is 60.7 Å². The fraction of sp³-hybridized carbons (Fsp3) is 0.652. The molecule has 0 aromatic heterocycles. The molecule has 2 bridgehead atoms. The molecule has 3 rings (SSSR count). The zero-order valence-electron chi connectivity index (χ0n) is 36.9. The molecule has 0 aromatic carbocycles. The summed E-state index contributed by atoms with van der Waals surface area (Å²) in [6, 6.07) is -1.09. The molecule has 17 atom stereocenters. The van der Waals surface area contributed by atoms with Gasteiger partial charge in [0.15, 0.2) is 12.1 Å². The number of aliphatic hydroxyl groups is 10. The van der Waals surface area contributed by atoms with Gasteiger partial charge in [-0.2, -0.15) is 0 Å². The number of allylic oxidation sites excluding steroid dienone is 12. The van der Waals surface area contributed by atoms with Crippen LogP contribution >= 0.6 is 0 Å². The fourth-order valence-electron chi connectivity index (χ4n) is 7.68. The number of nitrogens with two attached hydrogens (primary N) is 1. The van der Waals surface area contributed by atoms with Crippen LogP contribution in [0, 0.1) is 11.8 Å². The molecular formula is C46H72N2O16. The van der Waals surface area contributed by atoms with Crippen molar-refractivity contribution >= 4 is 11.9 Å². The Labute approximate surface area is 375 Å². The highest BCUT2D eigenvalue weighted by Gasteiger charge is 2.50. The molecule has 2 fully saturated rings. The topological polar surface area (TPSA) is 311 Å². The number of carbonyl (C=O) groups is 2. The minimum Gasteiger partial charge on any atom is -0.462 e. The van der Waals surface area contributed by atoms with Crippen molar-refractivity contribution < 1.29 is 79.6 Å². The number of hydrogen-bond donors (Lipinski definition) is 12. The number of hydrogen-bond acceptors (Lipinski definition) is 17. The van der Waals surface area contributed by atoms with Gasteiger partial charge in [-0.25, -0.2) is 0 Å². The minimum atomic E-state index is -2.24. The first-order valence-corrected chi connectivity index (χ1v) is 22.0. The van der Waals surface area contributed by atoms with Gasteiger partial charge in [0.2, 0.25) is 5.91 Å². The average molecular weight is 909 g/mol. The van der Waals surface area contributed by atoms with Crippen molar-refractivity contribution in [1.29, 1.82) is 0 Å². The van der Waals surface area contributed by atoms with Crippen LogP contribution in [0.25, 0.3) is 0 Å². The van der Waals surface area contributed by atoms with Crippen LogP contribution in [0.15, 0.2) is 85.1 Å². The molecule has 18 heteroatoms. The van der Waals surface area contributed by atoms with Gasteiger partial charge in [0, 0.05) is 45.1 Å². The van der Waals surface area contributed by atoms with Gasteiger partial charge in [0.05, 0.1) is 86.0 Å². The van der Waals surface area contributed by atoms with Crippen molar-refractivity contribution in [2.24, 2.45) is 17.6 Å². The molecule has 64 heavy (non-hydrogen) atoms. The highest BCUT2D eigenvalue weighted by molar-refractivity contribution is 5.79. The number of cyclic esters (lactones) is 1. The van der Waals surface area contributed by atoms with Crippen molar-refractivity contribution in [3.8, 4) is 0 Å². The Bertz CT molecular complexity index is 1620. The molecule has 13 N–H and O–H groups in total. The number of aliphatic hydroxyl groups excluding tert-OH is 9. The summed E-state index contributed by atoms with van der Waals surface area (Å²) in [5.41, 5.74) is 5.97. The predicted molar refractivity (Wildman–Crippen MR) is 234 cm³/mol. The van der Waals surface area contributed by atoms with E-state index in [1.165, 1.54) is 7.05 Å². The van der Waals surface area contributed by atoms with E-state index in [0.29, 0.717) is 0 Å². The molecule has 3 heterocycles. The van der Waals surface area contributed by atoms with Gasteiger partial charge in [-0.15, -0.1) is 0 Å². The number of fused-ring (bicyclic) bond motifs is 2. The van der Waals surface area contributed by atoms with Crippen LogP contribution in [0.5, 0.6) is 0 Å². The first-order valence-electron chi connectivity index (χ1n) is 22.0. The van der Waals surface area contributed by atoms with Crippen molar-refractivity contribution in [1.82, 2.24) is 5.32 Å². The SMILES string of the molecule is CNC(=O)[C@H]1[C@@H]2C[C@@H](O[C@@H]3OC[C@@H](O)[C@H](N)[C@H]3O)/C=C/C=C/C=C/C=C/C=C/C=C/C=C/[C@H](C)[C@@H](O)C[C@H](C)OC(=O)CC(O)CC(O)CCC(O)C(O)CC(O)C[C@](O)(C[C@@H]1O)O2. The second-order valence-corrected chi connectivity index (χ2v) is 17.0. The average Bonchev–Trinajstić information content (AvgIpc) is 3.21. The largest absolute Gasteiger partial charge is 0.462 e. The van der Waals surface area contributed by atoms with Crippen molar-refractivity contribution in [3.05, 3.63) is 85.1 Å². The zero-order chi connectivity index (χ0) is 47.4. The number of nitrogens with one attached hydrogen (secondary N) is 1. The van der Waals surface area contributed by atoms with E-state index in [4.69, 9.17) is 24.7 Å². The van der Waals surface area contributed by atoms with Crippen LogP contribution in [-0.4, -0.2) is 168 Å². The van der Waals surface area contributed by atoms with Gasteiger partial charge in [-0.05, 0) is 26.2 Å². The van der Waals surface area contributed by atoms with E-state index < -0.39 is 135 Å². The Morgan fingerprint density at radius 3 is 1.91 bits per heavy atom. The summed E-state index contributed by atoms with van der Waals surface area (Å²) in [6.07, 6.45) is 6.14. The lowest BCUT2D eigenvalue weighted by molar-refractivity contribution is -0.304. The van der Waals surface area contributed by atoms with E-state index in [1.807, 2.05) is 37.3 Å². The highest BCUT2D eigenvalue weighted by atomic mass is 16.7. The number of rotatable bonds is 3. The number of amides is 1. The van der Waals surface area contributed by atoms with E-state index in [-0.39, 0.29) is 44.6 Å². The number of esters is 1. The lowest BCUT2D eigenvalue weighted by Gasteiger charge is -2.45. The van der Waals surface area contributed by atoms with E-state index in [0.717, 1.165) is 0 Å². The maximum atomic E-state index is 13.1. The summed E-state index contributed by atoms with van der Waals surface area (Å²) in [5.74, 6) is -5.05. The third kappa shape index (κ3) is 19.2. The lowest BCUT2D eigenvalue weighted by Crippen LogP contribution is -2.59. The molecule has 18 nitrogen and oxygen atoms in total. The molecule has 3 aliphatic rings. The van der Waals surface area contributed by atoms with Crippen LogP contribution in [0.2, 0.25) is 0 Å². The molecule has 2 saturated heterocycles. The van der Waals surface area contributed by atoms with E-state index >= 15 is 0 Å². The van der Waals surface area contributed by atoms with Crippen molar-refractivity contribution in [3.63, 3.8) is 0 Å². The summed E-state index contributed by atoms with van der Waals surface area (Å²) in [4.78, 5) is 25.6. The summed E-state index contributed by atoms with van der Waals surface area (Å²) in [7, 11) is 1.37. The van der Waals surface area contributed by atoms with Gasteiger partial charge in [0.1, 0.15) is 12.2 Å². The third-order valence-electron chi connectivity index (χ3n) is 11.3. The summed E-state index contributed by atoms with van der Waals surface area (Å²) < 4.78 is 23.1. The van der Waals surface area contributed by atoms with Crippen LogP contribution < -0.4 is 11.1 Å². The molecule has 3 aliphatic heterocycles. The zero-order valence-corrected chi connectivity index (χ0v) is 36.9. The fourth-order valence-corrected chi connectivity index (χ4v) is 7.68. The van der Waals surface area contributed by atoms with Crippen LogP contribution in [0.1, 0.15) is 71.6 Å². The molecule has 0 radical (unpaired) electrons. The number of ether oxygens (including phenoxy) is 4. The van der Waals surface area contributed by atoms with Crippen LogP contribution in [-0.2, 0) is 28.5 Å². The van der Waals surface area contributed by atoms with Gasteiger partial charge in [-0.1, -0.05) is 92.0 Å². The Kier molecular flexibility index (Phi) is 23.9. The van der Waals surface area contributed by atoms with E-state index in [1.54, 1.807) is 61.6 Å². The summed E-state index contributed by atoms with van der Waals surface area (Å²) in [5, 5.41) is 110. The van der Waals surface area contributed by atoms with Crippen LogP contribution in [0.4, 0.5) is 0 Å². The highest BCUT2D eigenvalue weighted by Crippen LogP contribution is 2.38. The summed E-state index contributed by atoms with van der Waals surface area (Å²) in [6.45, 7) is 3.22. The first-order chi connectivity index (χ1) is 30.3. The Hall–Kier alpha value is -3.44. The second kappa shape index (κ2) is 27.9. The Morgan fingerprint density at radius 1 is 0.703 bits per heavy atom. The Morgan fingerprint density at radius 2 is 1.30 bits per heavy atom. The quantitative estimate of drug-likeness (QED) is 0.162. The molecule has 5 unspecified atom stereocenters. The molecular weight excluding hydrogens is 837 g/mol. The molecule has 0 aliphatic carbocycles. The second-order valence-electron chi connectivity index (χ2n) is 17.0. The smallest absolute Gasteiger partial charge is 0.308 e. The number of carbonyl (C=O) groups excluding carboxylic acids is 2. The van der Waals surface area contributed by atoms with Crippen molar-refractivity contribution in [2.75, 3.05) is 13.7 Å². The molecule has 0 aromatic rings. The first kappa shape index (κ1) is 54.9. The molecule has 1 amide bonds. The predicted octanol–water partition coefficient (Wildman–Crippen LogP) is -0.261. The normalized spacial score (nSPS) is 43.6. The standard InChI is InChI=1S/C46H72N2O16/c1-28-16-14-12-10-8-6-4-5-7-9-11-13-15-17-33(63-45-43(58)42(47)38(56)27-61-45)24-39-41(44(59)48-3)37(55)26-46(60,64-39)25-32(51)22-36(54)34(52)19-18-30(49)21-31(50)23-40(57)62-29(2)20-35(28)53/h4-17,28-39,41-43,45,49-56,58,60H,18-27,47H2,1-3H3,(H,48,59)/b5-4+,8-6+,9-7+,12-10+,13-11+,16-14+,17-15+/t28-,29-,30?,31?,32?,33-,34?,35-,36?,37-,38+,39-,41+,42-,43+,45-,46+/m0/s1. The monoisotopic (exact) mass is 908 g/mol. The third-order valence-corrected chi connectivity index (χ3v) is 11.3. The van der Waals surface area contributed by atoms with Gasteiger partial charge in [-0.3, -0.25) is 9.59 Å². The lowest BCUT2D eigenvalue weighted by atomic mass is 9.82. The van der Waals surface area contributed by atoms with Gasteiger partial charge < -0.3 is 81.1 Å². The molecule has 0 spiro atoms. The van der Waals surface area contributed by atoms with Gasteiger partial charge >= 0.3 is 5.97 Å². The molecule has 362 valence electrons. The minimum absolute atomic E-state index is 0.0849. The molecule has 0 saturated carbocycles. The van der Waals surface area contributed by atoms with Gasteiger partial charge in [0.25, 0.3) is 0 Å². The van der Waals surface area contributed by atoms with E-state index in [2.05, 4.69) is 5.32 Å². The maximum absolute atomic E-state index is 13.1.